The average Bonchev–Trinajstić information content (AvgIpc) is 2.50. The molecule has 134 valence electrons. The lowest BCUT2D eigenvalue weighted by Crippen LogP contribution is -2.17. The summed E-state index contributed by atoms with van der Waals surface area (Å²) in [6, 6.07) is 5.92. The Morgan fingerprint density at radius 1 is 1.08 bits per heavy atom. The first-order valence-corrected chi connectivity index (χ1v) is 7.40. The summed E-state index contributed by atoms with van der Waals surface area (Å²) in [4.78, 5) is 11.8. The molecule has 0 unspecified atom stereocenters. The van der Waals surface area contributed by atoms with E-state index in [1.165, 1.54) is 12.1 Å². The van der Waals surface area contributed by atoms with Crippen LogP contribution >= 0.6 is 11.6 Å². The molecular formula is C16H12ClF5N2O. The summed E-state index contributed by atoms with van der Waals surface area (Å²) in [6.07, 6.45) is -4.78. The van der Waals surface area contributed by atoms with Crippen molar-refractivity contribution in [1.29, 1.82) is 0 Å². The van der Waals surface area contributed by atoms with E-state index in [-0.39, 0.29) is 24.3 Å². The molecule has 2 rings (SSSR count). The molecule has 0 aromatic heterocycles. The third-order valence-electron chi connectivity index (χ3n) is 3.15. The van der Waals surface area contributed by atoms with Gasteiger partial charge < -0.3 is 10.6 Å². The van der Waals surface area contributed by atoms with Crippen molar-refractivity contribution >= 4 is 28.9 Å². The maximum atomic E-state index is 13.4. The Labute approximate surface area is 144 Å². The van der Waals surface area contributed by atoms with Gasteiger partial charge in [-0.05, 0) is 30.3 Å². The number of anilines is 2. The zero-order valence-corrected chi connectivity index (χ0v) is 13.3. The van der Waals surface area contributed by atoms with E-state index >= 15 is 0 Å². The number of hydrogen-bond donors (Lipinski definition) is 2. The van der Waals surface area contributed by atoms with Gasteiger partial charge in [0.2, 0.25) is 5.91 Å². The Morgan fingerprint density at radius 3 is 2.44 bits per heavy atom. The van der Waals surface area contributed by atoms with E-state index in [1.807, 2.05) is 0 Å². The Hall–Kier alpha value is -2.35. The van der Waals surface area contributed by atoms with Crippen LogP contribution in [0.5, 0.6) is 0 Å². The Balaban J connectivity index is 1.92. The summed E-state index contributed by atoms with van der Waals surface area (Å²) in [5, 5.41) is 4.43. The van der Waals surface area contributed by atoms with Crippen molar-refractivity contribution in [2.45, 2.75) is 12.6 Å². The summed E-state index contributed by atoms with van der Waals surface area (Å²) in [5.41, 5.74) is -1.10. The Bertz CT molecular complexity index is 780. The molecule has 0 fully saturated rings. The average molecular weight is 379 g/mol. The molecule has 0 radical (unpaired) electrons. The topological polar surface area (TPSA) is 41.1 Å². The molecule has 0 heterocycles. The van der Waals surface area contributed by atoms with Crippen LogP contribution in [-0.2, 0) is 11.0 Å². The highest BCUT2D eigenvalue weighted by Crippen LogP contribution is 2.36. The van der Waals surface area contributed by atoms with Crippen molar-refractivity contribution in [3.8, 4) is 0 Å². The number of amides is 1. The highest BCUT2D eigenvalue weighted by molar-refractivity contribution is 6.31. The minimum Gasteiger partial charge on any atom is -0.382 e. The van der Waals surface area contributed by atoms with Gasteiger partial charge in [0.15, 0.2) is 0 Å². The number of carbonyl (C=O) groups excluding carboxylic acids is 1. The Morgan fingerprint density at radius 2 is 1.80 bits per heavy atom. The summed E-state index contributed by atoms with van der Waals surface area (Å²) >= 11 is 5.49. The summed E-state index contributed by atoms with van der Waals surface area (Å²) < 4.78 is 64.4. The van der Waals surface area contributed by atoms with E-state index in [0.29, 0.717) is 6.07 Å². The largest absolute Gasteiger partial charge is 0.417 e. The van der Waals surface area contributed by atoms with Crippen LogP contribution < -0.4 is 10.6 Å². The third-order valence-corrected chi connectivity index (χ3v) is 3.48. The number of hydrogen-bond acceptors (Lipinski definition) is 2. The summed E-state index contributed by atoms with van der Waals surface area (Å²) in [7, 11) is 0. The quantitative estimate of drug-likeness (QED) is 0.712. The molecule has 0 spiro atoms. The molecule has 0 saturated heterocycles. The van der Waals surface area contributed by atoms with Crippen molar-refractivity contribution < 1.29 is 26.7 Å². The minimum absolute atomic E-state index is 0.00804. The van der Waals surface area contributed by atoms with E-state index in [9.17, 15) is 26.7 Å². The zero-order valence-electron chi connectivity index (χ0n) is 12.6. The van der Waals surface area contributed by atoms with Crippen molar-refractivity contribution in [2.24, 2.45) is 0 Å². The number of carbonyl (C=O) groups is 1. The first-order chi connectivity index (χ1) is 11.7. The molecule has 2 aromatic rings. The molecule has 0 aliphatic carbocycles. The predicted molar refractivity (Wildman–Crippen MR) is 84.5 cm³/mol. The van der Waals surface area contributed by atoms with Crippen LogP contribution in [0.1, 0.15) is 12.0 Å². The molecule has 3 nitrogen and oxygen atoms in total. The molecule has 0 atom stereocenters. The minimum atomic E-state index is -4.64. The van der Waals surface area contributed by atoms with Gasteiger partial charge in [-0.25, -0.2) is 8.78 Å². The van der Waals surface area contributed by atoms with E-state index in [2.05, 4.69) is 10.6 Å². The fourth-order valence-corrected chi connectivity index (χ4v) is 2.21. The van der Waals surface area contributed by atoms with Crippen LogP contribution in [-0.4, -0.2) is 12.5 Å². The van der Waals surface area contributed by atoms with E-state index in [0.717, 1.165) is 18.2 Å². The Kier molecular flexibility index (Phi) is 5.84. The SMILES string of the molecule is O=C(CCNc1ccc(F)cc1F)Nc1ccc(Cl)c(C(F)(F)F)c1. The molecule has 2 aromatic carbocycles. The van der Waals surface area contributed by atoms with Crippen LogP contribution in [0.15, 0.2) is 36.4 Å². The lowest BCUT2D eigenvalue weighted by Gasteiger charge is -2.12. The van der Waals surface area contributed by atoms with Gasteiger partial charge in [-0.15, -0.1) is 0 Å². The third kappa shape index (κ3) is 5.32. The van der Waals surface area contributed by atoms with Crippen LogP contribution in [0.25, 0.3) is 0 Å². The monoisotopic (exact) mass is 378 g/mol. The van der Waals surface area contributed by atoms with Crippen LogP contribution in [0.2, 0.25) is 5.02 Å². The first kappa shape index (κ1) is 19.0. The number of rotatable bonds is 5. The maximum absolute atomic E-state index is 13.4. The number of alkyl halides is 3. The van der Waals surface area contributed by atoms with Gasteiger partial charge in [-0.3, -0.25) is 4.79 Å². The van der Waals surface area contributed by atoms with Crippen LogP contribution in [0, 0.1) is 11.6 Å². The molecular weight excluding hydrogens is 367 g/mol. The molecule has 2 N–H and O–H groups in total. The van der Waals surface area contributed by atoms with Crippen molar-refractivity contribution in [3.63, 3.8) is 0 Å². The fraction of sp³-hybridized carbons (Fsp3) is 0.188. The second-order valence-corrected chi connectivity index (χ2v) is 5.45. The maximum Gasteiger partial charge on any atom is 0.417 e. The molecule has 0 bridgehead atoms. The lowest BCUT2D eigenvalue weighted by molar-refractivity contribution is -0.137. The van der Waals surface area contributed by atoms with Crippen molar-refractivity contribution in [2.75, 3.05) is 17.2 Å². The second kappa shape index (κ2) is 7.69. The number of benzene rings is 2. The van der Waals surface area contributed by atoms with Gasteiger partial charge in [0.1, 0.15) is 11.6 Å². The van der Waals surface area contributed by atoms with Crippen LogP contribution in [0.4, 0.5) is 33.3 Å². The second-order valence-electron chi connectivity index (χ2n) is 5.04. The normalized spacial score (nSPS) is 11.3. The van der Waals surface area contributed by atoms with Crippen LogP contribution in [0.3, 0.4) is 0 Å². The summed E-state index contributed by atoms with van der Waals surface area (Å²) in [6.45, 7) is 0.00804. The summed E-state index contributed by atoms with van der Waals surface area (Å²) in [5.74, 6) is -2.12. The first-order valence-electron chi connectivity index (χ1n) is 7.02. The lowest BCUT2D eigenvalue weighted by atomic mass is 10.2. The van der Waals surface area contributed by atoms with Gasteiger partial charge in [-0.1, -0.05) is 11.6 Å². The molecule has 0 saturated carbocycles. The molecule has 9 heteroatoms. The highest BCUT2D eigenvalue weighted by Gasteiger charge is 2.33. The molecule has 0 aliphatic rings. The van der Waals surface area contributed by atoms with Gasteiger partial charge in [0.05, 0.1) is 16.3 Å². The fourth-order valence-electron chi connectivity index (χ4n) is 1.99. The standard InChI is InChI=1S/C16H12ClF5N2O/c17-12-3-2-10(8-11(12)16(20,21)22)24-15(25)5-6-23-14-4-1-9(18)7-13(14)19/h1-4,7-8,23H,5-6H2,(H,24,25). The zero-order chi connectivity index (χ0) is 18.6. The molecule has 0 aliphatic heterocycles. The van der Waals surface area contributed by atoms with Crippen molar-refractivity contribution in [1.82, 2.24) is 0 Å². The van der Waals surface area contributed by atoms with Gasteiger partial charge >= 0.3 is 6.18 Å². The smallest absolute Gasteiger partial charge is 0.382 e. The number of halogens is 6. The van der Waals surface area contributed by atoms with Gasteiger partial charge in [0.25, 0.3) is 0 Å². The van der Waals surface area contributed by atoms with E-state index in [1.54, 1.807) is 0 Å². The predicted octanol–water partition coefficient (Wildman–Crippen LogP) is 5.08. The van der Waals surface area contributed by atoms with E-state index in [4.69, 9.17) is 11.6 Å². The molecule has 1 amide bonds. The van der Waals surface area contributed by atoms with E-state index < -0.39 is 34.3 Å². The molecule has 25 heavy (non-hydrogen) atoms. The highest BCUT2D eigenvalue weighted by atomic mass is 35.5. The van der Waals surface area contributed by atoms with Gasteiger partial charge in [0, 0.05) is 24.7 Å². The van der Waals surface area contributed by atoms with Crippen molar-refractivity contribution in [3.05, 3.63) is 58.6 Å². The van der Waals surface area contributed by atoms with Gasteiger partial charge in [-0.2, -0.15) is 13.2 Å². The number of nitrogens with one attached hydrogen (secondary N) is 2.